The molecule has 0 radical (unpaired) electrons. The van der Waals surface area contributed by atoms with Crippen LogP contribution in [-0.4, -0.2) is 43.7 Å². The van der Waals surface area contributed by atoms with Crippen molar-refractivity contribution in [3.8, 4) is 5.75 Å². The highest BCUT2D eigenvalue weighted by molar-refractivity contribution is 8.64. The summed E-state index contributed by atoms with van der Waals surface area (Å²) in [6, 6.07) is 5.93. The number of nitrogens with zero attached hydrogens (tertiary/aromatic N) is 1. The lowest BCUT2D eigenvalue weighted by Crippen LogP contribution is -2.49. The second-order valence-electron chi connectivity index (χ2n) is 5.56. The minimum Gasteiger partial charge on any atom is -0.497 e. The summed E-state index contributed by atoms with van der Waals surface area (Å²) in [6.07, 6.45) is 0. The van der Waals surface area contributed by atoms with Crippen molar-refractivity contribution in [1.29, 1.82) is 0 Å². The Kier molecular flexibility index (Phi) is 8.67. The lowest BCUT2D eigenvalue weighted by molar-refractivity contribution is -0.154. The molecule has 1 amide bonds. The molecule has 26 heavy (non-hydrogen) atoms. The van der Waals surface area contributed by atoms with E-state index in [9.17, 15) is 18.0 Å². The van der Waals surface area contributed by atoms with Gasteiger partial charge in [0, 0.05) is 6.92 Å². The van der Waals surface area contributed by atoms with Gasteiger partial charge in [0.15, 0.2) is 15.8 Å². The summed E-state index contributed by atoms with van der Waals surface area (Å²) in [4.78, 5) is 25.7. The molecular formula is C17H23NO6S2. The lowest BCUT2D eigenvalue weighted by Gasteiger charge is -2.33. The van der Waals surface area contributed by atoms with E-state index in [-0.39, 0.29) is 6.61 Å². The first-order valence-electron chi connectivity index (χ1n) is 7.72. The Morgan fingerprint density at radius 2 is 1.81 bits per heavy atom. The fourth-order valence-corrected chi connectivity index (χ4v) is 4.00. The summed E-state index contributed by atoms with van der Waals surface area (Å²) in [5.41, 5.74) is 1.13. The maximum atomic E-state index is 12.6. The van der Waals surface area contributed by atoms with Crippen LogP contribution in [-0.2, 0) is 30.7 Å². The van der Waals surface area contributed by atoms with Crippen molar-refractivity contribution >= 4 is 32.4 Å². The molecule has 0 saturated carbocycles. The number of methoxy groups -OCH3 is 1. The maximum absolute atomic E-state index is 12.6. The standard InChI is InChI=1S/C17H23NO6S2/c1-11(2)16(18(12(3)19)13(4)25-26(21)22)17(20)24-10-14-6-8-15(23-5)9-7-14/h6-9,13,16,26H,1,10H2,2-5H3. The van der Waals surface area contributed by atoms with E-state index in [0.717, 1.165) is 10.5 Å². The number of rotatable bonds is 9. The molecule has 0 bridgehead atoms. The van der Waals surface area contributed by atoms with E-state index in [1.54, 1.807) is 38.3 Å². The zero-order valence-corrected chi connectivity index (χ0v) is 16.8. The van der Waals surface area contributed by atoms with E-state index in [4.69, 9.17) is 9.47 Å². The fraction of sp³-hybridized carbons (Fsp3) is 0.412. The fourth-order valence-electron chi connectivity index (χ4n) is 2.33. The van der Waals surface area contributed by atoms with Gasteiger partial charge in [-0.05, 0) is 47.9 Å². The Bertz CT molecular complexity index is 721. The molecule has 0 aliphatic heterocycles. The van der Waals surface area contributed by atoms with E-state index in [1.807, 2.05) is 0 Å². The third kappa shape index (κ3) is 6.38. The topological polar surface area (TPSA) is 90.0 Å². The molecule has 0 heterocycles. The number of amides is 1. The monoisotopic (exact) mass is 401 g/mol. The number of esters is 1. The van der Waals surface area contributed by atoms with Crippen molar-refractivity contribution in [3.05, 3.63) is 42.0 Å². The van der Waals surface area contributed by atoms with Gasteiger partial charge in [0.2, 0.25) is 5.91 Å². The van der Waals surface area contributed by atoms with Gasteiger partial charge in [-0.15, -0.1) is 0 Å². The van der Waals surface area contributed by atoms with Crippen LogP contribution in [0.25, 0.3) is 0 Å². The predicted octanol–water partition coefficient (Wildman–Crippen LogP) is 2.14. The molecule has 7 nitrogen and oxygen atoms in total. The van der Waals surface area contributed by atoms with Crippen LogP contribution in [0.2, 0.25) is 0 Å². The van der Waals surface area contributed by atoms with Crippen LogP contribution in [0.15, 0.2) is 36.4 Å². The zero-order chi connectivity index (χ0) is 19.9. The Labute approximate surface area is 158 Å². The molecule has 0 aliphatic rings. The second-order valence-corrected chi connectivity index (χ2v) is 8.43. The van der Waals surface area contributed by atoms with Gasteiger partial charge in [0.25, 0.3) is 0 Å². The molecule has 1 aromatic rings. The SMILES string of the molecule is C=C(C)C(C(=O)OCc1ccc(OC)cc1)N(C(C)=O)C(C)S[SH](=O)=O. The zero-order valence-electron chi connectivity index (χ0n) is 15.1. The molecule has 0 spiro atoms. The van der Waals surface area contributed by atoms with Gasteiger partial charge in [0.05, 0.1) is 12.5 Å². The van der Waals surface area contributed by atoms with Crippen molar-refractivity contribution in [2.75, 3.05) is 7.11 Å². The van der Waals surface area contributed by atoms with Crippen LogP contribution in [0.4, 0.5) is 0 Å². The molecule has 0 N–H and O–H groups in total. The van der Waals surface area contributed by atoms with Crippen molar-refractivity contribution in [1.82, 2.24) is 4.90 Å². The van der Waals surface area contributed by atoms with Gasteiger partial charge in [-0.2, -0.15) is 0 Å². The minimum absolute atomic E-state index is 0.00962. The smallest absolute Gasteiger partial charge is 0.333 e. The first-order valence-corrected chi connectivity index (χ1v) is 10.4. The van der Waals surface area contributed by atoms with E-state index in [1.165, 1.54) is 13.8 Å². The molecule has 0 saturated heterocycles. The molecule has 0 aliphatic carbocycles. The number of carbonyl (C=O) groups is 2. The van der Waals surface area contributed by atoms with E-state index in [2.05, 4.69) is 6.58 Å². The Morgan fingerprint density at radius 1 is 1.23 bits per heavy atom. The third-order valence-corrected chi connectivity index (χ3v) is 5.64. The first kappa shape index (κ1) is 22.0. The largest absolute Gasteiger partial charge is 0.497 e. The van der Waals surface area contributed by atoms with Crippen LogP contribution in [0.5, 0.6) is 5.75 Å². The predicted molar refractivity (Wildman–Crippen MR) is 101 cm³/mol. The van der Waals surface area contributed by atoms with Crippen molar-refractivity contribution in [2.24, 2.45) is 0 Å². The minimum atomic E-state index is -2.78. The highest BCUT2D eigenvalue weighted by Gasteiger charge is 2.34. The lowest BCUT2D eigenvalue weighted by atomic mass is 10.1. The summed E-state index contributed by atoms with van der Waals surface area (Å²) >= 11 is 0. The third-order valence-electron chi connectivity index (χ3n) is 3.50. The van der Waals surface area contributed by atoms with Crippen molar-refractivity contribution in [2.45, 2.75) is 38.8 Å². The summed E-state index contributed by atoms with van der Waals surface area (Å²) in [6.45, 7) is 8.14. The average Bonchev–Trinajstić information content (AvgIpc) is 2.56. The number of benzene rings is 1. The molecule has 2 unspecified atom stereocenters. The molecular weight excluding hydrogens is 378 g/mol. The molecule has 9 heteroatoms. The Hall–Kier alpha value is -2.00. The van der Waals surface area contributed by atoms with E-state index >= 15 is 0 Å². The summed E-state index contributed by atoms with van der Waals surface area (Å²) < 4.78 is 32.3. The van der Waals surface area contributed by atoms with Gasteiger partial charge in [-0.25, -0.2) is 13.2 Å². The van der Waals surface area contributed by atoms with Crippen LogP contribution < -0.4 is 4.74 Å². The molecule has 0 aromatic heterocycles. The Morgan fingerprint density at radius 3 is 2.23 bits per heavy atom. The van der Waals surface area contributed by atoms with E-state index < -0.39 is 33.0 Å². The molecule has 1 rings (SSSR count). The van der Waals surface area contributed by atoms with Gasteiger partial charge in [0.1, 0.15) is 12.4 Å². The average molecular weight is 402 g/mol. The van der Waals surface area contributed by atoms with Crippen LogP contribution in [0.1, 0.15) is 26.3 Å². The second kappa shape index (κ2) is 10.2. The highest BCUT2D eigenvalue weighted by Crippen LogP contribution is 2.23. The first-order chi connectivity index (χ1) is 12.2. The Balaban J connectivity index is 2.92. The molecule has 0 fully saturated rings. The number of thiol groups is 1. The number of ether oxygens (including phenoxy) is 2. The highest BCUT2D eigenvalue weighted by atomic mass is 33.1. The molecule has 144 valence electrons. The van der Waals surface area contributed by atoms with Gasteiger partial charge < -0.3 is 14.4 Å². The van der Waals surface area contributed by atoms with Crippen LogP contribution in [0.3, 0.4) is 0 Å². The van der Waals surface area contributed by atoms with Crippen molar-refractivity contribution < 1.29 is 27.5 Å². The van der Waals surface area contributed by atoms with E-state index in [0.29, 0.717) is 22.1 Å². The summed E-state index contributed by atoms with van der Waals surface area (Å²) in [7, 11) is -0.658. The normalized spacial score (nSPS) is 13.0. The van der Waals surface area contributed by atoms with Gasteiger partial charge >= 0.3 is 5.97 Å². The maximum Gasteiger partial charge on any atom is 0.333 e. The molecule has 2 atom stereocenters. The van der Waals surface area contributed by atoms with Crippen molar-refractivity contribution in [3.63, 3.8) is 0 Å². The summed E-state index contributed by atoms with van der Waals surface area (Å²) in [5, 5.41) is -0.760. The number of hydrogen-bond acceptors (Lipinski definition) is 7. The quantitative estimate of drug-likeness (QED) is 0.223. The number of carbonyl (C=O) groups excluding carboxylic acids is 2. The van der Waals surface area contributed by atoms with Gasteiger partial charge in [-0.3, -0.25) is 4.79 Å². The van der Waals surface area contributed by atoms with Crippen LogP contribution in [0, 0.1) is 0 Å². The van der Waals surface area contributed by atoms with Gasteiger partial charge in [-0.1, -0.05) is 18.7 Å². The number of hydrogen-bond donors (Lipinski definition) is 1. The summed E-state index contributed by atoms with van der Waals surface area (Å²) in [5.74, 6) is -0.437. The van der Waals surface area contributed by atoms with Crippen LogP contribution >= 0.6 is 10.8 Å². The molecule has 1 aromatic carbocycles.